The van der Waals surface area contributed by atoms with Crippen molar-refractivity contribution in [2.75, 3.05) is 13.7 Å². The Kier molecular flexibility index (Phi) is 5.36. The van der Waals surface area contributed by atoms with E-state index in [1.165, 1.54) is 10.6 Å². The van der Waals surface area contributed by atoms with Crippen LogP contribution in [0.4, 0.5) is 0 Å². The van der Waals surface area contributed by atoms with Gasteiger partial charge in [-0.25, -0.2) is 4.79 Å². The SMILES string of the molecule is COc1cccc(CCCOC(=O)c2ccn(C)c(=O)c2)c1. The molecule has 0 bridgehead atoms. The minimum Gasteiger partial charge on any atom is -0.497 e. The lowest BCUT2D eigenvalue weighted by Crippen LogP contribution is -2.18. The van der Waals surface area contributed by atoms with Gasteiger partial charge in [-0.05, 0) is 36.6 Å². The van der Waals surface area contributed by atoms with Crippen molar-refractivity contribution < 1.29 is 14.3 Å². The predicted molar refractivity (Wildman–Crippen MR) is 83.3 cm³/mol. The first kappa shape index (κ1) is 15.8. The van der Waals surface area contributed by atoms with Crippen LogP contribution in [-0.4, -0.2) is 24.3 Å². The molecule has 2 rings (SSSR count). The number of nitrogens with zero attached hydrogens (tertiary/aromatic N) is 1. The molecule has 1 aromatic carbocycles. The first-order valence-electron chi connectivity index (χ1n) is 7.07. The van der Waals surface area contributed by atoms with Crippen LogP contribution in [0.15, 0.2) is 47.4 Å². The maximum Gasteiger partial charge on any atom is 0.338 e. The smallest absolute Gasteiger partial charge is 0.338 e. The number of esters is 1. The Morgan fingerprint density at radius 1 is 1.23 bits per heavy atom. The third-order valence-corrected chi connectivity index (χ3v) is 3.32. The molecule has 1 aromatic heterocycles. The summed E-state index contributed by atoms with van der Waals surface area (Å²) in [5.74, 6) is 0.345. The summed E-state index contributed by atoms with van der Waals surface area (Å²) in [4.78, 5) is 23.3. The van der Waals surface area contributed by atoms with Gasteiger partial charge in [-0.15, -0.1) is 0 Å². The Morgan fingerprint density at radius 3 is 2.77 bits per heavy atom. The molecule has 0 aliphatic carbocycles. The zero-order valence-corrected chi connectivity index (χ0v) is 12.7. The van der Waals surface area contributed by atoms with Gasteiger partial charge in [0.25, 0.3) is 5.56 Å². The van der Waals surface area contributed by atoms with Crippen molar-refractivity contribution in [3.8, 4) is 5.75 Å². The minimum atomic E-state index is -0.469. The van der Waals surface area contributed by atoms with E-state index in [4.69, 9.17) is 9.47 Å². The lowest BCUT2D eigenvalue weighted by atomic mass is 10.1. The number of benzene rings is 1. The normalized spacial score (nSPS) is 10.3. The Morgan fingerprint density at radius 2 is 2.05 bits per heavy atom. The van der Waals surface area contributed by atoms with Crippen molar-refractivity contribution in [2.45, 2.75) is 12.8 Å². The first-order valence-corrected chi connectivity index (χ1v) is 7.07. The highest BCUT2D eigenvalue weighted by molar-refractivity contribution is 5.89. The average Bonchev–Trinajstić information content (AvgIpc) is 2.54. The van der Waals surface area contributed by atoms with E-state index in [0.717, 1.165) is 17.7 Å². The fourth-order valence-electron chi connectivity index (χ4n) is 2.03. The van der Waals surface area contributed by atoms with Crippen LogP contribution < -0.4 is 10.3 Å². The lowest BCUT2D eigenvalue weighted by Gasteiger charge is -2.06. The number of rotatable bonds is 6. The van der Waals surface area contributed by atoms with Crippen molar-refractivity contribution in [2.24, 2.45) is 7.05 Å². The molecule has 0 amide bonds. The fourth-order valence-corrected chi connectivity index (χ4v) is 2.03. The monoisotopic (exact) mass is 301 g/mol. The zero-order chi connectivity index (χ0) is 15.9. The fraction of sp³-hybridized carbons (Fsp3) is 0.294. The van der Waals surface area contributed by atoms with Crippen LogP contribution in [0.5, 0.6) is 5.75 Å². The number of ether oxygens (including phenoxy) is 2. The van der Waals surface area contributed by atoms with E-state index in [9.17, 15) is 9.59 Å². The number of pyridine rings is 1. The summed E-state index contributed by atoms with van der Waals surface area (Å²) >= 11 is 0. The molecule has 0 saturated heterocycles. The number of carbonyl (C=O) groups excluding carboxylic acids is 1. The molecule has 0 aliphatic heterocycles. The molecule has 0 saturated carbocycles. The van der Waals surface area contributed by atoms with E-state index in [1.54, 1.807) is 26.4 Å². The van der Waals surface area contributed by atoms with Gasteiger partial charge in [0, 0.05) is 19.3 Å². The third kappa shape index (κ3) is 4.22. The molecule has 5 heteroatoms. The molecule has 0 spiro atoms. The molecule has 22 heavy (non-hydrogen) atoms. The number of hydrogen-bond acceptors (Lipinski definition) is 4. The van der Waals surface area contributed by atoms with Crippen LogP contribution in [0.25, 0.3) is 0 Å². The van der Waals surface area contributed by atoms with Gasteiger partial charge in [0.15, 0.2) is 0 Å². The highest BCUT2D eigenvalue weighted by Gasteiger charge is 2.08. The molecule has 1 heterocycles. The van der Waals surface area contributed by atoms with E-state index in [-0.39, 0.29) is 11.1 Å². The molecular weight excluding hydrogens is 282 g/mol. The first-order chi connectivity index (χ1) is 10.6. The van der Waals surface area contributed by atoms with Crippen molar-refractivity contribution in [1.29, 1.82) is 0 Å². The second-order valence-corrected chi connectivity index (χ2v) is 4.96. The highest BCUT2D eigenvalue weighted by atomic mass is 16.5. The van der Waals surface area contributed by atoms with Gasteiger partial charge in [0.05, 0.1) is 19.3 Å². The molecule has 0 unspecified atom stereocenters. The van der Waals surface area contributed by atoms with Gasteiger partial charge < -0.3 is 14.0 Å². The molecule has 0 fully saturated rings. The summed E-state index contributed by atoms with van der Waals surface area (Å²) in [6, 6.07) is 10.6. The number of carbonyl (C=O) groups is 1. The molecule has 0 radical (unpaired) electrons. The Balaban J connectivity index is 1.81. The number of aryl methyl sites for hydroxylation is 2. The van der Waals surface area contributed by atoms with Crippen LogP contribution in [0.1, 0.15) is 22.3 Å². The Bertz CT molecular complexity index is 706. The summed E-state index contributed by atoms with van der Waals surface area (Å²) in [7, 11) is 3.26. The van der Waals surface area contributed by atoms with Gasteiger partial charge in [-0.2, -0.15) is 0 Å². The molecule has 0 N–H and O–H groups in total. The Hall–Kier alpha value is -2.56. The van der Waals surface area contributed by atoms with Gasteiger partial charge in [-0.3, -0.25) is 4.79 Å². The summed E-state index contributed by atoms with van der Waals surface area (Å²) in [5, 5.41) is 0. The molecule has 0 atom stereocenters. The number of aromatic nitrogens is 1. The molecule has 0 aliphatic rings. The topological polar surface area (TPSA) is 57.5 Å². The van der Waals surface area contributed by atoms with Gasteiger partial charge in [-0.1, -0.05) is 12.1 Å². The van der Waals surface area contributed by atoms with Crippen LogP contribution in [0, 0.1) is 0 Å². The van der Waals surface area contributed by atoms with Gasteiger partial charge in [0.1, 0.15) is 5.75 Å². The van der Waals surface area contributed by atoms with Crippen LogP contribution in [0.3, 0.4) is 0 Å². The van der Waals surface area contributed by atoms with Crippen LogP contribution in [-0.2, 0) is 18.2 Å². The second kappa shape index (κ2) is 7.45. The largest absolute Gasteiger partial charge is 0.497 e. The summed E-state index contributed by atoms with van der Waals surface area (Å²) in [6.07, 6.45) is 3.06. The van der Waals surface area contributed by atoms with E-state index in [1.807, 2.05) is 24.3 Å². The molecule has 2 aromatic rings. The van der Waals surface area contributed by atoms with Crippen molar-refractivity contribution in [1.82, 2.24) is 4.57 Å². The standard InChI is InChI=1S/C17H19NO4/c1-18-9-8-14(12-16(18)19)17(20)22-10-4-6-13-5-3-7-15(11-13)21-2/h3,5,7-9,11-12H,4,6,10H2,1-2H3. The van der Waals surface area contributed by atoms with E-state index >= 15 is 0 Å². The molecule has 116 valence electrons. The molecule has 5 nitrogen and oxygen atoms in total. The number of hydrogen-bond donors (Lipinski definition) is 0. The van der Waals surface area contributed by atoms with Crippen molar-refractivity contribution in [3.05, 3.63) is 64.1 Å². The summed E-state index contributed by atoms with van der Waals surface area (Å²) < 4.78 is 11.7. The van der Waals surface area contributed by atoms with Crippen LogP contribution in [0.2, 0.25) is 0 Å². The lowest BCUT2D eigenvalue weighted by molar-refractivity contribution is 0.0500. The minimum absolute atomic E-state index is 0.231. The van der Waals surface area contributed by atoms with E-state index in [2.05, 4.69) is 0 Å². The zero-order valence-electron chi connectivity index (χ0n) is 12.7. The summed E-state index contributed by atoms with van der Waals surface area (Å²) in [6.45, 7) is 0.311. The maximum atomic E-state index is 11.8. The predicted octanol–water partition coefficient (Wildman–Crippen LogP) is 2.18. The highest BCUT2D eigenvalue weighted by Crippen LogP contribution is 2.14. The third-order valence-electron chi connectivity index (χ3n) is 3.32. The van der Waals surface area contributed by atoms with Gasteiger partial charge in [0.2, 0.25) is 0 Å². The van der Waals surface area contributed by atoms with Crippen molar-refractivity contribution >= 4 is 5.97 Å². The summed E-state index contributed by atoms with van der Waals surface area (Å²) in [5.41, 5.74) is 1.18. The quantitative estimate of drug-likeness (QED) is 0.606. The maximum absolute atomic E-state index is 11.8. The number of methoxy groups -OCH3 is 1. The average molecular weight is 301 g/mol. The van der Waals surface area contributed by atoms with E-state index < -0.39 is 5.97 Å². The van der Waals surface area contributed by atoms with Crippen LogP contribution >= 0.6 is 0 Å². The van der Waals surface area contributed by atoms with E-state index in [0.29, 0.717) is 13.0 Å². The second-order valence-electron chi connectivity index (χ2n) is 4.96. The molecular formula is C17H19NO4. The van der Waals surface area contributed by atoms with Gasteiger partial charge >= 0.3 is 5.97 Å². The Labute approximate surface area is 129 Å². The van der Waals surface area contributed by atoms with Crippen molar-refractivity contribution in [3.63, 3.8) is 0 Å².